The molecule has 0 aromatic heterocycles. The maximum atomic E-state index is 12.6. The molecule has 3 aromatic rings. The first-order valence-electron chi connectivity index (χ1n) is 8.74. The van der Waals surface area contributed by atoms with Gasteiger partial charge in [0.05, 0.1) is 12.1 Å². The molecule has 0 radical (unpaired) electrons. The van der Waals surface area contributed by atoms with E-state index < -0.39 is 0 Å². The van der Waals surface area contributed by atoms with E-state index in [0.29, 0.717) is 32.1 Å². The Balaban J connectivity index is 1.71. The van der Waals surface area contributed by atoms with Gasteiger partial charge in [-0.2, -0.15) is 0 Å². The molecular weight excluding hydrogens is 433 g/mol. The molecule has 29 heavy (non-hydrogen) atoms. The molecule has 0 saturated heterocycles. The van der Waals surface area contributed by atoms with Gasteiger partial charge in [0.25, 0.3) is 5.91 Å². The minimum absolute atomic E-state index is 0.205. The number of carbonyl (C=O) groups is 1. The summed E-state index contributed by atoms with van der Waals surface area (Å²) < 4.78 is 11.2. The average Bonchev–Trinajstić information content (AvgIpc) is 2.72. The highest BCUT2D eigenvalue weighted by atomic mass is 35.5. The molecular formula is C22H18Cl3NO3. The summed E-state index contributed by atoms with van der Waals surface area (Å²) in [7, 11) is 1.57. The van der Waals surface area contributed by atoms with Crippen LogP contribution in [0.1, 0.15) is 21.5 Å². The van der Waals surface area contributed by atoms with E-state index in [1.165, 1.54) is 0 Å². The van der Waals surface area contributed by atoms with Crippen molar-refractivity contribution < 1.29 is 14.3 Å². The summed E-state index contributed by atoms with van der Waals surface area (Å²) in [4.78, 5) is 12.6. The first-order valence-corrected chi connectivity index (χ1v) is 9.87. The van der Waals surface area contributed by atoms with Crippen molar-refractivity contribution in [1.82, 2.24) is 5.32 Å². The molecule has 3 rings (SSSR count). The quantitative estimate of drug-likeness (QED) is 0.468. The van der Waals surface area contributed by atoms with Crippen LogP contribution in [0, 0.1) is 0 Å². The zero-order valence-corrected chi connectivity index (χ0v) is 17.8. The number of para-hydroxylation sites is 1. The Hall–Kier alpha value is -2.40. The zero-order valence-electron chi connectivity index (χ0n) is 15.5. The predicted molar refractivity (Wildman–Crippen MR) is 116 cm³/mol. The van der Waals surface area contributed by atoms with E-state index in [2.05, 4.69) is 5.32 Å². The monoisotopic (exact) mass is 449 g/mol. The fourth-order valence-corrected chi connectivity index (χ4v) is 3.36. The summed E-state index contributed by atoms with van der Waals surface area (Å²) in [5.41, 5.74) is 1.98. The Kier molecular flexibility index (Phi) is 7.26. The van der Waals surface area contributed by atoms with E-state index in [1.807, 2.05) is 12.1 Å². The van der Waals surface area contributed by atoms with E-state index in [0.717, 1.165) is 11.1 Å². The van der Waals surface area contributed by atoms with Crippen molar-refractivity contribution in [3.63, 3.8) is 0 Å². The lowest BCUT2D eigenvalue weighted by Crippen LogP contribution is -2.23. The molecule has 1 amide bonds. The van der Waals surface area contributed by atoms with Gasteiger partial charge in [-0.25, -0.2) is 0 Å². The molecule has 0 fully saturated rings. The first kappa shape index (κ1) is 21.3. The Labute approximate surface area is 184 Å². The molecule has 7 heteroatoms. The molecule has 0 heterocycles. The summed E-state index contributed by atoms with van der Waals surface area (Å²) in [6.07, 6.45) is 0. The van der Waals surface area contributed by atoms with Crippen LogP contribution in [0.3, 0.4) is 0 Å². The Morgan fingerprint density at radius 1 is 0.897 bits per heavy atom. The summed E-state index contributed by atoms with van der Waals surface area (Å²) in [6, 6.07) is 17.5. The number of ether oxygens (including phenoxy) is 2. The standard InChI is InChI=1S/C22H18Cl3NO3/c1-28-20-9-7-14(10-16(20)13-29-21-5-3-2-4-18(21)24)22(27)26-12-15-6-8-17(23)11-19(15)25/h2-11H,12-13H2,1H3,(H,26,27). The smallest absolute Gasteiger partial charge is 0.251 e. The number of rotatable bonds is 7. The number of hydrogen-bond donors (Lipinski definition) is 1. The lowest BCUT2D eigenvalue weighted by atomic mass is 10.1. The van der Waals surface area contributed by atoms with Crippen LogP contribution in [0.2, 0.25) is 15.1 Å². The van der Waals surface area contributed by atoms with Gasteiger partial charge in [-0.05, 0) is 48.0 Å². The highest BCUT2D eigenvalue weighted by Crippen LogP contribution is 2.27. The number of nitrogens with one attached hydrogen (secondary N) is 1. The maximum absolute atomic E-state index is 12.6. The molecule has 0 spiro atoms. The fraction of sp³-hybridized carbons (Fsp3) is 0.136. The molecule has 0 saturated carbocycles. The van der Waals surface area contributed by atoms with Gasteiger partial charge in [-0.15, -0.1) is 0 Å². The topological polar surface area (TPSA) is 47.6 Å². The Morgan fingerprint density at radius 2 is 1.69 bits per heavy atom. The molecule has 150 valence electrons. The van der Waals surface area contributed by atoms with Crippen molar-refractivity contribution in [3.8, 4) is 11.5 Å². The van der Waals surface area contributed by atoms with Crippen LogP contribution in [-0.4, -0.2) is 13.0 Å². The highest BCUT2D eigenvalue weighted by molar-refractivity contribution is 6.35. The van der Waals surface area contributed by atoms with E-state index in [9.17, 15) is 4.79 Å². The first-order chi connectivity index (χ1) is 14.0. The van der Waals surface area contributed by atoms with Crippen molar-refractivity contribution in [1.29, 1.82) is 0 Å². The van der Waals surface area contributed by atoms with Gasteiger partial charge in [-0.1, -0.05) is 53.0 Å². The van der Waals surface area contributed by atoms with Gasteiger partial charge in [0, 0.05) is 27.7 Å². The van der Waals surface area contributed by atoms with E-state index in [1.54, 1.807) is 55.6 Å². The molecule has 0 bridgehead atoms. The van der Waals surface area contributed by atoms with Gasteiger partial charge in [0.1, 0.15) is 18.1 Å². The number of hydrogen-bond acceptors (Lipinski definition) is 3. The van der Waals surface area contributed by atoms with Crippen molar-refractivity contribution in [3.05, 3.63) is 92.4 Å². The second kappa shape index (κ2) is 9.88. The van der Waals surface area contributed by atoms with Crippen LogP contribution in [0.15, 0.2) is 60.7 Å². The third kappa shape index (κ3) is 5.57. The van der Waals surface area contributed by atoms with Crippen LogP contribution < -0.4 is 14.8 Å². The lowest BCUT2D eigenvalue weighted by molar-refractivity contribution is 0.0950. The van der Waals surface area contributed by atoms with Crippen LogP contribution in [0.25, 0.3) is 0 Å². The molecule has 0 unspecified atom stereocenters. The van der Waals surface area contributed by atoms with Crippen molar-refractivity contribution >= 4 is 40.7 Å². The minimum atomic E-state index is -0.238. The molecule has 0 aliphatic carbocycles. The summed E-state index contributed by atoms with van der Waals surface area (Å²) in [6.45, 7) is 0.489. The minimum Gasteiger partial charge on any atom is -0.496 e. The van der Waals surface area contributed by atoms with Crippen molar-refractivity contribution in [2.24, 2.45) is 0 Å². The fourth-order valence-electron chi connectivity index (χ4n) is 2.69. The largest absolute Gasteiger partial charge is 0.496 e. The number of halogens is 3. The second-order valence-corrected chi connectivity index (χ2v) is 7.41. The number of methoxy groups -OCH3 is 1. The van der Waals surface area contributed by atoms with Gasteiger partial charge in [-0.3, -0.25) is 4.79 Å². The molecule has 4 nitrogen and oxygen atoms in total. The predicted octanol–water partition coefficient (Wildman–Crippen LogP) is 6.16. The van der Waals surface area contributed by atoms with E-state index in [-0.39, 0.29) is 19.1 Å². The maximum Gasteiger partial charge on any atom is 0.251 e. The van der Waals surface area contributed by atoms with E-state index >= 15 is 0 Å². The van der Waals surface area contributed by atoms with Crippen LogP contribution in [0.5, 0.6) is 11.5 Å². The second-order valence-electron chi connectivity index (χ2n) is 6.16. The van der Waals surface area contributed by atoms with Crippen LogP contribution >= 0.6 is 34.8 Å². The third-order valence-electron chi connectivity index (χ3n) is 4.22. The summed E-state index contributed by atoms with van der Waals surface area (Å²) >= 11 is 18.2. The Bertz CT molecular complexity index is 1020. The molecule has 0 aliphatic rings. The normalized spacial score (nSPS) is 10.5. The molecule has 3 aromatic carbocycles. The summed E-state index contributed by atoms with van der Waals surface area (Å²) in [5, 5.41) is 4.41. The SMILES string of the molecule is COc1ccc(C(=O)NCc2ccc(Cl)cc2Cl)cc1COc1ccccc1Cl. The molecule has 0 aliphatic heterocycles. The lowest BCUT2D eigenvalue weighted by Gasteiger charge is -2.13. The highest BCUT2D eigenvalue weighted by Gasteiger charge is 2.12. The molecule has 0 atom stereocenters. The molecule has 1 N–H and O–H groups in total. The van der Waals surface area contributed by atoms with Gasteiger partial charge < -0.3 is 14.8 Å². The van der Waals surface area contributed by atoms with Crippen LogP contribution in [-0.2, 0) is 13.2 Å². The summed E-state index contributed by atoms with van der Waals surface area (Å²) in [5.74, 6) is 0.940. The van der Waals surface area contributed by atoms with Gasteiger partial charge in [0.2, 0.25) is 0 Å². The van der Waals surface area contributed by atoms with Crippen molar-refractivity contribution in [2.75, 3.05) is 7.11 Å². The van der Waals surface area contributed by atoms with Crippen LogP contribution in [0.4, 0.5) is 0 Å². The van der Waals surface area contributed by atoms with Gasteiger partial charge >= 0.3 is 0 Å². The average molecular weight is 451 g/mol. The third-order valence-corrected chi connectivity index (χ3v) is 5.12. The zero-order chi connectivity index (χ0) is 20.8. The van der Waals surface area contributed by atoms with E-state index in [4.69, 9.17) is 44.3 Å². The number of amides is 1. The number of carbonyl (C=O) groups excluding carboxylic acids is 1. The Morgan fingerprint density at radius 3 is 2.41 bits per heavy atom. The van der Waals surface area contributed by atoms with Gasteiger partial charge in [0.15, 0.2) is 0 Å². The van der Waals surface area contributed by atoms with Crippen molar-refractivity contribution in [2.45, 2.75) is 13.2 Å². The number of benzene rings is 3.